The van der Waals surface area contributed by atoms with Crippen molar-refractivity contribution in [3.05, 3.63) is 65.2 Å². The molecule has 2 rings (SSSR count). The van der Waals surface area contributed by atoms with Gasteiger partial charge in [-0.15, -0.1) is 0 Å². The van der Waals surface area contributed by atoms with Gasteiger partial charge in [0.15, 0.2) is 0 Å². The topological polar surface area (TPSA) is 89.3 Å². The number of carbonyl (C=O) groups is 1. The number of aryl methyl sites for hydroxylation is 1. The fourth-order valence-electron chi connectivity index (χ4n) is 1.90. The minimum atomic E-state index is -3.69. The molecule has 0 spiro atoms. The van der Waals surface area contributed by atoms with Gasteiger partial charge in [-0.2, -0.15) is 0 Å². The van der Waals surface area contributed by atoms with Gasteiger partial charge in [0.1, 0.15) is 0 Å². The van der Waals surface area contributed by atoms with Crippen LogP contribution in [0.1, 0.15) is 21.5 Å². The molecule has 21 heavy (non-hydrogen) atoms. The molecule has 0 unspecified atom stereocenters. The van der Waals surface area contributed by atoms with Crippen molar-refractivity contribution in [2.24, 2.45) is 5.14 Å². The number of nitrogens with one attached hydrogen (secondary N) is 1. The molecular formula is C15H16N2O3S. The third-order valence-corrected chi connectivity index (χ3v) is 4.02. The normalized spacial score (nSPS) is 11.1. The summed E-state index contributed by atoms with van der Waals surface area (Å²) in [5, 5.41) is 7.82. The van der Waals surface area contributed by atoms with Crippen LogP contribution in [-0.4, -0.2) is 14.3 Å². The van der Waals surface area contributed by atoms with Crippen LogP contribution in [0.4, 0.5) is 0 Å². The molecule has 0 aliphatic heterocycles. The average molecular weight is 304 g/mol. The van der Waals surface area contributed by atoms with Crippen molar-refractivity contribution in [1.82, 2.24) is 5.32 Å². The van der Waals surface area contributed by atoms with Crippen molar-refractivity contribution < 1.29 is 13.2 Å². The number of benzene rings is 2. The molecule has 5 nitrogen and oxygen atoms in total. The predicted molar refractivity (Wildman–Crippen MR) is 80.2 cm³/mol. The van der Waals surface area contributed by atoms with Gasteiger partial charge in [-0.1, -0.05) is 30.3 Å². The molecule has 0 radical (unpaired) electrons. The lowest BCUT2D eigenvalue weighted by molar-refractivity contribution is 0.0950. The van der Waals surface area contributed by atoms with Gasteiger partial charge in [0, 0.05) is 12.1 Å². The summed E-state index contributed by atoms with van der Waals surface area (Å²) >= 11 is 0. The molecule has 2 aromatic rings. The maximum absolute atomic E-state index is 12.0. The standard InChI is InChI=1S/C15H16N2O3S/c1-11-4-2-3-5-14(11)15(18)17-10-12-6-8-13(9-7-12)21(16,19)20/h2-9H,10H2,1H3,(H,17,18)(H2,16,19,20). The molecule has 0 aromatic heterocycles. The zero-order valence-electron chi connectivity index (χ0n) is 11.5. The van der Waals surface area contributed by atoms with Crippen molar-refractivity contribution >= 4 is 15.9 Å². The third kappa shape index (κ3) is 3.90. The van der Waals surface area contributed by atoms with Crippen molar-refractivity contribution in [2.45, 2.75) is 18.4 Å². The highest BCUT2D eigenvalue weighted by Crippen LogP contribution is 2.10. The highest BCUT2D eigenvalue weighted by Gasteiger charge is 2.09. The molecule has 6 heteroatoms. The number of amides is 1. The second-order valence-electron chi connectivity index (χ2n) is 4.69. The minimum Gasteiger partial charge on any atom is -0.348 e. The first-order valence-corrected chi connectivity index (χ1v) is 7.88. The number of carbonyl (C=O) groups excluding carboxylic acids is 1. The van der Waals surface area contributed by atoms with E-state index in [1.54, 1.807) is 18.2 Å². The van der Waals surface area contributed by atoms with E-state index in [4.69, 9.17) is 5.14 Å². The van der Waals surface area contributed by atoms with Crippen molar-refractivity contribution in [3.8, 4) is 0 Å². The molecule has 0 aliphatic rings. The molecule has 1 amide bonds. The highest BCUT2D eigenvalue weighted by atomic mass is 32.2. The Morgan fingerprint density at radius 2 is 1.71 bits per heavy atom. The Labute approximate surface area is 123 Å². The molecule has 0 bridgehead atoms. The lowest BCUT2D eigenvalue weighted by atomic mass is 10.1. The van der Waals surface area contributed by atoms with Crippen LogP contribution in [0.5, 0.6) is 0 Å². The Hall–Kier alpha value is -2.18. The molecule has 0 aliphatic carbocycles. The number of nitrogens with two attached hydrogens (primary N) is 1. The molecule has 0 atom stereocenters. The monoisotopic (exact) mass is 304 g/mol. The summed E-state index contributed by atoms with van der Waals surface area (Å²) in [6.45, 7) is 2.19. The van der Waals surface area contributed by atoms with E-state index in [0.717, 1.165) is 11.1 Å². The Morgan fingerprint density at radius 1 is 1.10 bits per heavy atom. The van der Waals surface area contributed by atoms with E-state index in [2.05, 4.69) is 5.32 Å². The lowest BCUT2D eigenvalue weighted by Gasteiger charge is -2.08. The van der Waals surface area contributed by atoms with Gasteiger partial charge in [-0.05, 0) is 36.2 Å². The van der Waals surface area contributed by atoms with Crippen LogP contribution in [0.25, 0.3) is 0 Å². The van der Waals surface area contributed by atoms with Crippen molar-refractivity contribution in [2.75, 3.05) is 0 Å². The number of sulfonamides is 1. The van der Waals surface area contributed by atoms with Gasteiger partial charge in [0.25, 0.3) is 5.91 Å². The SMILES string of the molecule is Cc1ccccc1C(=O)NCc1ccc(S(N)(=O)=O)cc1. The predicted octanol–water partition coefficient (Wildman–Crippen LogP) is 1.57. The van der Waals surface area contributed by atoms with Crippen LogP contribution in [-0.2, 0) is 16.6 Å². The Balaban J connectivity index is 2.04. The summed E-state index contributed by atoms with van der Waals surface area (Å²) in [5.74, 6) is -0.163. The first kappa shape index (κ1) is 15.2. The number of rotatable bonds is 4. The van der Waals surface area contributed by atoms with E-state index < -0.39 is 10.0 Å². The van der Waals surface area contributed by atoms with Gasteiger partial charge in [0.2, 0.25) is 10.0 Å². The second kappa shape index (κ2) is 6.07. The fraction of sp³-hybridized carbons (Fsp3) is 0.133. The molecule has 0 fully saturated rings. The largest absolute Gasteiger partial charge is 0.348 e. The van der Waals surface area contributed by atoms with Gasteiger partial charge < -0.3 is 5.32 Å². The molecule has 2 aromatic carbocycles. The van der Waals surface area contributed by atoms with E-state index >= 15 is 0 Å². The van der Waals surface area contributed by atoms with Crippen LogP contribution in [0.2, 0.25) is 0 Å². The van der Waals surface area contributed by atoms with Crippen LogP contribution in [0.15, 0.2) is 53.4 Å². The number of primary sulfonamides is 1. The Morgan fingerprint density at radius 3 is 2.29 bits per heavy atom. The first-order chi connectivity index (χ1) is 9.88. The summed E-state index contributed by atoms with van der Waals surface area (Å²) in [6, 6.07) is 13.4. The summed E-state index contributed by atoms with van der Waals surface area (Å²) in [7, 11) is -3.69. The van der Waals surface area contributed by atoms with Crippen molar-refractivity contribution in [3.63, 3.8) is 0 Å². The van der Waals surface area contributed by atoms with Crippen molar-refractivity contribution in [1.29, 1.82) is 0 Å². The zero-order valence-corrected chi connectivity index (χ0v) is 12.4. The van der Waals surface area contributed by atoms with Crippen LogP contribution in [0.3, 0.4) is 0 Å². The molecule has 0 heterocycles. The number of hydrogen-bond acceptors (Lipinski definition) is 3. The molecule has 3 N–H and O–H groups in total. The second-order valence-corrected chi connectivity index (χ2v) is 6.25. The van der Waals surface area contributed by atoms with Crippen LogP contribution < -0.4 is 10.5 Å². The van der Waals surface area contributed by atoms with E-state index in [9.17, 15) is 13.2 Å². The molecule has 0 saturated heterocycles. The maximum atomic E-state index is 12.0. The molecule has 110 valence electrons. The van der Waals surface area contributed by atoms with Crippen LogP contribution >= 0.6 is 0 Å². The Kier molecular flexibility index (Phi) is 4.40. The summed E-state index contributed by atoms with van der Waals surface area (Å²) in [5.41, 5.74) is 2.32. The average Bonchev–Trinajstić information content (AvgIpc) is 2.45. The van der Waals surface area contributed by atoms with Gasteiger partial charge in [0.05, 0.1) is 4.90 Å². The van der Waals surface area contributed by atoms with E-state index in [1.807, 2.05) is 25.1 Å². The first-order valence-electron chi connectivity index (χ1n) is 6.33. The van der Waals surface area contributed by atoms with Crippen LogP contribution in [0, 0.1) is 6.92 Å². The number of hydrogen-bond donors (Lipinski definition) is 2. The van der Waals surface area contributed by atoms with E-state index in [1.165, 1.54) is 12.1 Å². The smallest absolute Gasteiger partial charge is 0.251 e. The molecular weight excluding hydrogens is 288 g/mol. The molecule has 0 saturated carbocycles. The summed E-state index contributed by atoms with van der Waals surface area (Å²) in [4.78, 5) is 12.1. The van der Waals surface area contributed by atoms with E-state index in [-0.39, 0.29) is 10.8 Å². The van der Waals surface area contributed by atoms with E-state index in [0.29, 0.717) is 12.1 Å². The van der Waals surface area contributed by atoms with Gasteiger partial charge >= 0.3 is 0 Å². The minimum absolute atomic E-state index is 0.0523. The van der Waals surface area contributed by atoms with Gasteiger partial charge in [-0.3, -0.25) is 4.79 Å². The van der Waals surface area contributed by atoms with Gasteiger partial charge in [-0.25, -0.2) is 13.6 Å². The zero-order chi connectivity index (χ0) is 15.5. The third-order valence-electron chi connectivity index (χ3n) is 3.09. The quantitative estimate of drug-likeness (QED) is 0.898. The lowest BCUT2D eigenvalue weighted by Crippen LogP contribution is -2.23. The highest BCUT2D eigenvalue weighted by molar-refractivity contribution is 7.89. The fourth-order valence-corrected chi connectivity index (χ4v) is 2.42. The summed E-state index contributed by atoms with van der Waals surface area (Å²) < 4.78 is 22.3. The maximum Gasteiger partial charge on any atom is 0.251 e. The Bertz CT molecular complexity index is 753. The summed E-state index contributed by atoms with van der Waals surface area (Å²) in [6.07, 6.45) is 0.